The quantitative estimate of drug-likeness (QED) is 0.241. The first-order chi connectivity index (χ1) is 20.6. The molecule has 2 bridgehead atoms. The van der Waals surface area contributed by atoms with Crippen molar-refractivity contribution in [2.45, 2.75) is 58.3 Å². The van der Waals surface area contributed by atoms with Gasteiger partial charge in [0.1, 0.15) is 11.8 Å². The molecule has 228 valence electrons. The third kappa shape index (κ3) is 6.86. The molecular weight excluding hydrogens is 554 g/mol. The van der Waals surface area contributed by atoms with Crippen LogP contribution in [0, 0.1) is 17.3 Å². The maximum atomic E-state index is 13.8. The van der Waals surface area contributed by atoms with E-state index in [-0.39, 0.29) is 23.4 Å². The molecule has 2 aromatic carbocycles. The minimum atomic E-state index is -0.510. The van der Waals surface area contributed by atoms with Gasteiger partial charge in [0.25, 0.3) is 0 Å². The number of hydrogen-bond donors (Lipinski definition) is 2. The van der Waals surface area contributed by atoms with Gasteiger partial charge in [-0.1, -0.05) is 57.2 Å². The molecule has 2 N–H and O–H groups in total. The highest BCUT2D eigenvalue weighted by atomic mass is 32.1. The Bertz CT molecular complexity index is 1460. The Balaban J connectivity index is 1.44. The monoisotopic (exact) mass is 599 g/mol. The van der Waals surface area contributed by atoms with Gasteiger partial charge in [0.05, 0.1) is 18.7 Å². The van der Waals surface area contributed by atoms with Crippen LogP contribution in [0.2, 0.25) is 0 Å². The van der Waals surface area contributed by atoms with Crippen LogP contribution in [0.15, 0.2) is 73.4 Å². The van der Waals surface area contributed by atoms with E-state index < -0.39 is 6.04 Å². The Kier molecular flexibility index (Phi) is 9.37. The summed E-state index contributed by atoms with van der Waals surface area (Å²) in [5, 5.41) is 8.67. The van der Waals surface area contributed by atoms with E-state index >= 15 is 0 Å². The van der Waals surface area contributed by atoms with Crippen LogP contribution < -0.4 is 15.4 Å². The third-order valence-electron chi connectivity index (χ3n) is 9.17. The summed E-state index contributed by atoms with van der Waals surface area (Å²) in [7, 11) is 3.54. The van der Waals surface area contributed by atoms with Crippen molar-refractivity contribution in [1.82, 2.24) is 25.4 Å². The number of rotatable bonds is 9. The number of aromatic nitrogens is 1. The molecule has 0 radical (unpaired) electrons. The molecule has 6 rings (SSSR count). The minimum absolute atomic E-state index is 0.00504. The van der Waals surface area contributed by atoms with Crippen molar-refractivity contribution in [2.24, 2.45) is 17.3 Å². The second kappa shape index (κ2) is 13.0. The lowest BCUT2D eigenvalue weighted by Crippen LogP contribution is -2.60. The topological polar surface area (TPSA) is 69.7 Å². The number of likely N-dealkylation sites (N-methyl/N-ethyl adjacent to an activating group) is 1. The van der Waals surface area contributed by atoms with E-state index in [2.05, 4.69) is 66.1 Å². The molecule has 8 heteroatoms. The maximum absolute atomic E-state index is 13.8. The first kappa shape index (κ1) is 31.0. The van der Waals surface area contributed by atoms with Crippen LogP contribution in [0.3, 0.4) is 0 Å². The number of carbonyl (C=O) groups is 1. The van der Waals surface area contributed by atoms with Gasteiger partial charge in [-0.05, 0) is 84.2 Å². The highest BCUT2D eigenvalue weighted by molar-refractivity contribution is 7.80. The zero-order valence-corrected chi connectivity index (χ0v) is 26.9. The van der Waals surface area contributed by atoms with Crippen LogP contribution in [0.25, 0.3) is 10.9 Å². The summed E-state index contributed by atoms with van der Waals surface area (Å²) in [5.74, 6) is 1.90. The lowest BCUT2D eigenvalue weighted by Gasteiger charge is -2.52. The molecule has 0 spiro atoms. The number of amides is 1. The smallest absolute Gasteiger partial charge is 0.245 e. The Morgan fingerprint density at radius 2 is 1.98 bits per heavy atom. The summed E-state index contributed by atoms with van der Waals surface area (Å²) in [4.78, 5) is 22.9. The van der Waals surface area contributed by atoms with Crippen molar-refractivity contribution >= 4 is 34.1 Å². The van der Waals surface area contributed by atoms with Crippen LogP contribution in [-0.2, 0) is 11.3 Å². The predicted molar refractivity (Wildman–Crippen MR) is 178 cm³/mol. The fraction of sp³-hybridized carbons (Fsp3) is 0.457. The van der Waals surface area contributed by atoms with Gasteiger partial charge in [-0.3, -0.25) is 14.7 Å². The Labute approximate surface area is 261 Å². The number of carbonyl (C=O) groups excluding carboxylic acids is 1. The van der Waals surface area contributed by atoms with Gasteiger partial charge in [-0.2, -0.15) is 0 Å². The van der Waals surface area contributed by atoms with Crippen LogP contribution in [0.1, 0.15) is 50.8 Å². The number of ether oxygens (including phenoxy) is 1. The zero-order chi connectivity index (χ0) is 30.7. The SMILES string of the molecule is C=CC1CN2CCC1CC2[C@@H](NC(=S)NC(C(=O)N(C)Cc1ccccc1)C(C)(C)C)c1ccnc2ccc(OC)cc12. The number of thiocarbonyl (C=S) groups is 1. The molecule has 3 aliphatic rings. The third-order valence-corrected chi connectivity index (χ3v) is 9.41. The van der Waals surface area contributed by atoms with Crippen LogP contribution in [0.5, 0.6) is 5.75 Å². The minimum Gasteiger partial charge on any atom is -0.497 e. The van der Waals surface area contributed by atoms with Crippen molar-refractivity contribution in [3.8, 4) is 5.75 Å². The number of piperidine rings is 3. The highest BCUT2D eigenvalue weighted by Crippen LogP contribution is 2.42. The Hall–Kier alpha value is -3.49. The molecular formula is C35H45N5O2S. The number of methoxy groups -OCH3 is 1. The average Bonchev–Trinajstić information content (AvgIpc) is 3.01. The molecule has 0 aliphatic carbocycles. The standard InChI is InChI=1S/C35H45N5O2S/c1-7-24-22-40-18-16-25(24)19-30(40)31(27-15-17-36-29-14-13-26(42-6)20-28(27)29)37-34(43)38-32(35(2,3)4)33(41)39(5)21-23-11-9-8-10-12-23/h7-15,17,20,24-25,30-32H,1,16,18-19,21-22H2,2-6H3,(H2,37,38,43)/t24?,25?,30?,31-,32?/m0/s1. The van der Waals surface area contributed by atoms with Crippen LogP contribution in [0.4, 0.5) is 0 Å². The fourth-order valence-electron chi connectivity index (χ4n) is 6.77. The summed E-state index contributed by atoms with van der Waals surface area (Å²) in [5.41, 5.74) is 2.76. The summed E-state index contributed by atoms with van der Waals surface area (Å²) in [6.07, 6.45) is 6.23. The zero-order valence-electron chi connectivity index (χ0n) is 26.0. The fourth-order valence-corrected chi connectivity index (χ4v) is 7.01. The number of pyridine rings is 1. The van der Waals surface area contributed by atoms with Gasteiger partial charge in [0, 0.05) is 37.8 Å². The number of hydrogen-bond acceptors (Lipinski definition) is 5. The first-order valence-corrected chi connectivity index (χ1v) is 15.6. The predicted octanol–water partition coefficient (Wildman–Crippen LogP) is 5.72. The van der Waals surface area contributed by atoms with Gasteiger partial charge in [-0.25, -0.2) is 0 Å². The lowest BCUT2D eigenvalue weighted by atomic mass is 9.73. The van der Waals surface area contributed by atoms with Crippen molar-refractivity contribution < 1.29 is 9.53 Å². The molecule has 1 aromatic heterocycles. The van der Waals surface area contributed by atoms with E-state index in [0.29, 0.717) is 23.5 Å². The van der Waals surface area contributed by atoms with E-state index in [1.165, 1.54) is 6.42 Å². The molecule has 3 fully saturated rings. The van der Waals surface area contributed by atoms with Crippen molar-refractivity contribution in [1.29, 1.82) is 0 Å². The number of benzene rings is 2. The second-order valence-corrected chi connectivity index (χ2v) is 13.5. The molecule has 3 aliphatic heterocycles. The number of fused-ring (bicyclic) bond motifs is 4. The number of nitrogens with zero attached hydrogens (tertiary/aromatic N) is 3. The van der Waals surface area contributed by atoms with Crippen molar-refractivity contribution in [2.75, 3.05) is 27.2 Å². The molecule has 1 amide bonds. The Morgan fingerprint density at radius 3 is 2.63 bits per heavy atom. The molecule has 3 saturated heterocycles. The van der Waals surface area contributed by atoms with E-state index in [1.54, 1.807) is 12.0 Å². The molecule has 7 nitrogen and oxygen atoms in total. The van der Waals surface area contributed by atoms with Gasteiger partial charge < -0.3 is 20.3 Å². The normalized spacial score (nSPS) is 22.8. The summed E-state index contributed by atoms with van der Waals surface area (Å²) < 4.78 is 5.59. The highest BCUT2D eigenvalue weighted by Gasteiger charge is 2.43. The van der Waals surface area contributed by atoms with Crippen LogP contribution >= 0.6 is 12.2 Å². The van der Waals surface area contributed by atoms with E-state index in [0.717, 1.165) is 47.3 Å². The van der Waals surface area contributed by atoms with E-state index in [4.69, 9.17) is 17.0 Å². The maximum Gasteiger partial charge on any atom is 0.245 e. The van der Waals surface area contributed by atoms with Crippen LogP contribution in [-0.4, -0.2) is 65.1 Å². The van der Waals surface area contributed by atoms with Gasteiger partial charge in [0.15, 0.2) is 5.11 Å². The van der Waals surface area contributed by atoms with E-state index in [1.807, 2.05) is 55.7 Å². The molecule has 3 aromatic rings. The average molecular weight is 600 g/mol. The van der Waals surface area contributed by atoms with Crippen molar-refractivity contribution in [3.63, 3.8) is 0 Å². The lowest BCUT2D eigenvalue weighted by molar-refractivity contribution is -0.134. The summed E-state index contributed by atoms with van der Waals surface area (Å²) in [6.45, 7) is 12.9. The summed E-state index contributed by atoms with van der Waals surface area (Å²) >= 11 is 6.02. The molecule has 4 heterocycles. The van der Waals surface area contributed by atoms with Gasteiger partial charge >= 0.3 is 0 Å². The largest absolute Gasteiger partial charge is 0.497 e. The number of nitrogens with one attached hydrogen (secondary N) is 2. The van der Waals surface area contributed by atoms with Gasteiger partial charge in [0.2, 0.25) is 5.91 Å². The van der Waals surface area contributed by atoms with E-state index in [9.17, 15) is 4.79 Å². The second-order valence-electron chi connectivity index (χ2n) is 13.1. The summed E-state index contributed by atoms with van der Waals surface area (Å²) in [6, 6.07) is 17.8. The molecule has 43 heavy (non-hydrogen) atoms. The molecule has 6 atom stereocenters. The Morgan fingerprint density at radius 1 is 1.21 bits per heavy atom. The first-order valence-electron chi connectivity index (χ1n) is 15.2. The van der Waals surface area contributed by atoms with Crippen molar-refractivity contribution in [3.05, 3.63) is 84.6 Å². The van der Waals surface area contributed by atoms with Gasteiger partial charge in [-0.15, -0.1) is 6.58 Å². The molecule has 5 unspecified atom stereocenters. The molecule has 0 saturated carbocycles.